The summed E-state index contributed by atoms with van der Waals surface area (Å²) in [5, 5.41) is 36.1. The van der Waals surface area contributed by atoms with E-state index in [1.165, 1.54) is 23.5 Å². The third kappa shape index (κ3) is 12.9. The van der Waals surface area contributed by atoms with Crippen molar-refractivity contribution in [2.75, 3.05) is 26.4 Å². The molecule has 14 heteroatoms. The third-order valence-corrected chi connectivity index (χ3v) is 8.48. The lowest BCUT2D eigenvalue weighted by Gasteiger charge is -2.16. The maximum atomic E-state index is 12.1. The van der Waals surface area contributed by atoms with Crippen LogP contribution >= 0.6 is 23.5 Å². The molecule has 43 heavy (non-hydrogen) atoms. The highest BCUT2D eigenvalue weighted by molar-refractivity contribution is 8.24. The van der Waals surface area contributed by atoms with Crippen LogP contribution in [0.1, 0.15) is 69.8 Å². The number of ether oxygens (including phenoxy) is 4. The quantitative estimate of drug-likeness (QED) is 0.106. The SMILES string of the molecule is Cc1cc(OCCC(=O)OCCCCCC(=O)O)c2c(c1OCCC(=O)OCCCCCC(=O)O)SC(=C(C#N)C#N)S2. The van der Waals surface area contributed by atoms with Crippen LogP contribution in [0.15, 0.2) is 25.7 Å². The van der Waals surface area contributed by atoms with Crippen LogP contribution in [0.4, 0.5) is 0 Å². The summed E-state index contributed by atoms with van der Waals surface area (Å²) in [4.78, 5) is 46.5. The number of unbranched alkanes of at least 4 members (excludes halogenated alkanes) is 4. The number of aryl methyl sites for hydroxylation is 1. The number of benzene rings is 1. The van der Waals surface area contributed by atoms with E-state index in [0.29, 0.717) is 69.6 Å². The number of carbonyl (C=O) groups is 4. The van der Waals surface area contributed by atoms with Gasteiger partial charge >= 0.3 is 23.9 Å². The first kappa shape index (κ1) is 35.3. The van der Waals surface area contributed by atoms with E-state index in [-0.39, 0.29) is 57.7 Å². The Bertz CT molecular complexity index is 1270. The number of carboxylic acids is 2. The Kier molecular flexibility index (Phi) is 15.9. The highest BCUT2D eigenvalue weighted by Gasteiger charge is 2.30. The lowest BCUT2D eigenvalue weighted by atomic mass is 10.2. The molecule has 2 N–H and O–H groups in total. The fraction of sp³-hybridized carbons (Fsp3) is 0.517. The number of esters is 2. The van der Waals surface area contributed by atoms with E-state index in [1.54, 1.807) is 13.0 Å². The van der Waals surface area contributed by atoms with Gasteiger partial charge in [-0.3, -0.25) is 19.2 Å². The number of rotatable bonds is 20. The van der Waals surface area contributed by atoms with Crippen molar-refractivity contribution in [3.8, 4) is 23.6 Å². The molecule has 0 unspecified atom stereocenters. The number of thioether (sulfide) groups is 2. The van der Waals surface area contributed by atoms with E-state index in [2.05, 4.69) is 0 Å². The van der Waals surface area contributed by atoms with Gasteiger partial charge in [0.1, 0.15) is 29.2 Å². The molecule has 232 valence electrons. The summed E-state index contributed by atoms with van der Waals surface area (Å²) in [7, 11) is 0. The Morgan fingerprint density at radius 3 is 1.74 bits per heavy atom. The second kappa shape index (κ2) is 19.3. The predicted molar refractivity (Wildman–Crippen MR) is 155 cm³/mol. The predicted octanol–water partition coefficient (Wildman–Crippen LogP) is 5.37. The molecule has 1 aromatic carbocycles. The van der Waals surface area contributed by atoms with E-state index in [9.17, 15) is 29.7 Å². The Balaban J connectivity index is 1.94. The van der Waals surface area contributed by atoms with Gasteiger partial charge in [0.25, 0.3) is 0 Å². The van der Waals surface area contributed by atoms with Gasteiger partial charge in [0, 0.05) is 12.8 Å². The molecule has 0 aromatic heterocycles. The van der Waals surface area contributed by atoms with Gasteiger partial charge in [0.05, 0.1) is 53.3 Å². The zero-order valence-corrected chi connectivity index (χ0v) is 25.5. The fourth-order valence-electron chi connectivity index (χ4n) is 3.73. The van der Waals surface area contributed by atoms with E-state index < -0.39 is 23.9 Å². The molecule has 0 saturated carbocycles. The van der Waals surface area contributed by atoms with Crippen molar-refractivity contribution in [1.82, 2.24) is 0 Å². The standard InChI is InChI=1S/C29H34N2O10S2/c1-19-16-21(38-14-10-24(36)39-12-6-2-4-8-22(32)33)27-28(43-29(42-27)20(17-30)18-31)26(19)41-15-11-25(37)40-13-7-3-5-9-23(34)35/h16H,2-15H2,1H3,(H,32,33)(H,34,35). The van der Waals surface area contributed by atoms with Crippen molar-refractivity contribution < 1.29 is 48.3 Å². The van der Waals surface area contributed by atoms with Crippen molar-refractivity contribution in [2.45, 2.75) is 80.9 Å². The summed E-state index contributed by atoms with van der Waals surface area (Å²) in [5.41, 5.74) is 0.633. The van der Waals surface area contributed by atoms with E-state index in [1.807, 2.05) is 12.1 Å². The molecule has 1 aliphatic heterocycles. The summed E-state index contributed by atoms with van der Waals surface area (Å²) in [6, 6.07) is 5.51. The topological polar surface area (TPSA) is 193 Å². The molecule has 1 aromatic rings. The van der Waals surface area contributed by atoms with Crippen molar-refractivity contribution in [3.05, 3.63) is 21.4 Å². The zero-order valence-electron chi connectivity index (χ0n) is 23.8. The van der Waals surface area contributed by atoms with Gasteiger partial charge < -0.3 is 29.2 Å². The van der Waals surface area contributed by atoms with Gasteiger partial charge in [-0.25, -0.2) is 0 Å². The smallest absolute Gasteiger partial charge is 0.309 e. The summed E-state index contributed by atoms with van der Waals surface area (Å²) in [6.45, 7) is 2.25. The lowest BCUT2D eigenvalue weighted by Crippen LogP contribution is -2.12. The molecular weight excluding hydrogens is 600 g/mol. The number of fused-ring (bicyclic) bond motifs is 1. The molecule has 0 amide bonds. The summed E-state index contributed by atoms with van der Waals surface area (Å²) in [6.07, 6.45) is 3.62. The number of nitrogens with zero attached hydrogens (tertiary/aromatic N) is 2. The molecule has 0 bridgehead atoms. The van der Waals surface area contributed by atoms with Crippen LogP contribution in [0.25, 0.3) is 0 Å². The molecular formula is C29H34N2O10S2. The number of carboxylic acid groups (broad SMARTS) is 2. The molecule has 0 saturated heterocycles. The normalized spacial score (nSPS) is 11.6. The van der Waals surface area contributed by atoms with Crippen molar-refractivity contribution in [2.24, 2.45) is 0 Å². The van der Waals surface area contributed by atoms with Crippen molar-refractivity contribution in [1.29, 1.82) is 10.5 Å². The van der Waals surface area contributed by atoms with Crippen LogP contribution in [0.3, 0.4) is 0 Å². The molecule has 12 nitrogen and oxygen atoms in total. The number of hydrogen-bond acceptors (Lipinski definition) is 12. The maximum absolute atomic E-state index is 12.1. The van der Waals surface area contributed by atoms with Crippen LogP contribution in [0, 0.1) is 29.6 Å². The van der Waals surface area contributed by atoms with Gasteiger partial charge in [0.15, 0.2) is 0 Å². The lowest BCUT2D eigenvalue weighted by molar-refractivity contribution is -0.145. The first-order valence-electron chi connectivity index (χ1n) is 13.7. The molecule has 0 atom stereocenters. The van der Waals surface area contributed by atoms with Gasteiger partial charge in [-0.15, -0.1) is 0 Å². The van der Waals surface area contributed by atoms with Crippen molar-refractivity contribution in [3.63, 3.8) is 0 Å². The Morgan fingerprint density at radius 1 is 0.721 bits per heavy atom. The van der Waals surface area contributed by atoms with Crippen LogP contribution in [-0.2, 0) is 28.7 Å². The van der Waals surface area contributed by atoms with Gasteiger partial charge in [0.2, 0.25) is 0 Å². The van der Waals surface area contributed by atoms with Gasteiger partial charge in [-0.2, -0.15) is 10.5 Å². The molecule has 1 heterocycles. The summed E-state index contributed by atoms with van der Waals surface area (Å²) in [5.74, 6) is -1.67. The average Bonchev–Trinajstić information content (AvgIpc) is 3.39. The monoisotopic (exact) mass is 634 g/mol. The van der Waals surface area contributed by atoms with Crippen LogP contribution < -0.4 is 9.47 Å². The van der Waals surface area contributed by atoms with E-state index in [0.717, 1.165) is 0 Å². The molecule has 0 fully saturated rings. The Hall–Kier alpha value is -3.88. The van der Waals surface area contributed by atoms with Crippen LogP contribution in [0.2, 0.25) is 0 Å². The van der Waals surface area contributed by atoms with Crippen molar-refractivity contribution >= 4 is 47.4 Å². The number of nitriles is 2. The molecule has 0 radical (unpaired) electrons. The summed E-state index contributed by atoms with van der Waals surface area (Å²) < 4.78 is 22.7. The van der Waals surface area contributed by atoms with Crippen LogP contribution in [-0.4, -0.2) is 60.5 Å². The Morgan fingerprint density at radius 2 is 1.23 bits per heavy atom. The van der Waals surface area contributed by atoms with Gasteiger partial charge in [-0.05, 0) is 57.1 Å². The maximum Gasteiger partial charge on any atom is 0.309 e. The highest BCUT2D eigenvalue weighted by atomic mass is 32.2. The second-order valence-corrected chi connectivity index (χ2v) is 11.6. The molecule has 0 spiro atoms. The summed E-state index contributed by atoms with van der Waals surface area (Å²) >= 11 is 2.39. The Labute approximate surface area is 258 Å². The number of allylic oxidation sites excluding steroid dienone is 1. The average molecular weight is 635 g/mol. The number of aliphatic carboxylic acids is 2. The third-order valence-electron chi connectivity index (χ3n) is 5.87. The first-order valence-corrected chi connectivity index (χ1v) is 15.4. The zero-order chi connectivity index (χ0) is 31.6. The minimum atomic E-state index is -0.856. The molecule has 1 aliphatic rings. The fourth-order valence-corrected chi connectivity index (χ4v) is 6.31. The highest BCUT2D eigenvalue weighted by Crippen LogP contribution is 2.59. The largest absolute Gasteiger partial charge is 0.492 e. The minimum Gasteiger partial charge on any atom is -0.492 e. The van der Waals surface area contributed by atoms with Gasteiger partial charge in [-0.1, -0.05) is 23.5 Å². The minimum absolute atomic E-state index is 0.00852. The van der Waals surface area contributed by atoms with E-state index in [4.69, 9.17) is 29.2 Å². The first-order chi connectivity index (χ1) is 20.7. The second-order valence-electron chi connectivity index (χ2n) is 9.32. The molecule has 0 aliphatic carbocycles. The van der Waals surface area contributed by atoms with Crippen LogP contribution in [0.5, 0.6) is 11.5 Å². The number of carbonyl (C=O) groups excluding carboxylic acids is 2. The van der Waals surface area contributed by atoms with E-state index >= 15 is 0 Å². The number of hydrogen-bond donors (Lipinski definition) is 2. The molecule has 2 rings (SSSR count).